The van der Waals surface area contributed by atoms with Gasteiger partial charge < -0.3 is 9.88 Å². The van der Waals surface area contributed by atoms with Crippen LogP contribution in [0.25, 0.3) is 5.69 Å². The SMILES string of the molecule is CCc1nccn1CCC(=O)N[C@@H]1CC(C)(C)Cc2c1cnn2-c1cccc(F)c1. The molecule has 30 heavy (non-hydrogen) atoms. The van der Waals surface area contributed by atoms with Crippen LogP contribution in [0.15, 0.2) is 42.9 Å². The van der Waals surface area contributed by atoms with Crippen molar-refractivity contribution in [3.63, 3.8) is 0 Å². The Bertz CT molecular complexity index is 1050. The zero-order chi connectivity index (χ0) is 21.3. The van der Waals surface area contributed by atoms with Gasteiger partial charge in [-0.15, -0.1) is 0 Å². The first kappa shape index (κ1) is 20.3. The molecule has 1 amide bonds. The van der Waals surface area contributed by atoms with Crippen molar-refractivity contribution in [1.29, 1.82) is 0 Å². The maximum Gasteiger partial charge on any atom is 0.222 e. The predicted octanol–water partition coefficient (Wildman–Crippen LogP) is 3.99. The molecule has 158 valence electrons. The molecule has 1 aliphatic rings. The molecule has 1 aliphatic carbocycles. The fraction of sp³-hybridized carbons (Fsp3) is 0.435. The van der Waals surface area contributed by atoms with Crippen molar-refractivity contribution in [1.82, 2.24) is 24.6 Å². The summed E-state index contributed by atoms with van der Waals surface area (Å²) >= 11 is 0. The molecule has 0 aliphatic heterocycles. The number of imidazole rings is 1. The summed E-state index contributed by atoms with van der Waals surface area (Å²) in [6, 6.07) is 6.34. The van der Waals surface area contributed by atoms with Crippen LogP contribution >= 0.6 is 0 Å². The van der Waals surface area contributed by atoms with Crippen molar-refractivity contribution in [3.8, 4) is 5.69 Å². The van der Waals surface area contributed by atoms with Crippen LogP contribution in [-0.4, -0.2) is 25.2 Å². The summed E-state index contributed by atoms with van der Waals surface area (Å²) in [6.07, 6.45) is 8.39. The van der Waals surface area contributed by atoms with Gasteiger partial charge in [0, 0.05) is 37.3 Å². The van der Waals surface area contributed by atoms with E-state index in [1.165, 1.54) is 12.1 Å². The molecule has 4 rings (SSSR count). The maximum absolute atomic E-state index is 13.7. The summed E-state index contributed by atoms with van der Waals surface area (Å²) in [5, 5.41) is 7.73. The molecule has 1 aromatic carbocycles. The highest BCUT2D eigenvalue weighted by atomic mass is 19.1. The number of nitrogens with one attached hydrogen (secondary N) is 1. The number of halogens is 1. The second-order valence-electron chi connectivity index (χ2n) is 8.74. The third-order valence-corrected chi connectivity index (χ3v) is 5.76. The summed E-state index contributed by atoms with van der Waals surface area (Å²) < 4.78 is 17.6. The molecule has 0 spiro atoms. The molecule has 3 aromatic rings. The van der Waals surface area contributed by atoms with E-state index in [0.29, 0.717) is 18.7 Å². The van der Waals surface area contributed by atoms with Crippen LogP contribution in [0.1, 0.15) is 56.7 Å². The lowest BCUT2D eigenvalue weighted by Crippen LogP contribution is -2.37. The Morgan fingerprint density at radius 3 is 2.97 bits per heavy atom. The molecular weight excluding hydrogens is 381 g/mol. The lowest BCUT2D eigenvalue weighted by molar-refractivity contribution is -0.122. The van der Waals surface area contributed by atoms with E-state index in [4.69, 9.17) is 0 Å². The van der Waals surface area contributed by atoms with Gasteiger partial charge in [0.05, 0.1) is 23.6 Å². The second kappa shape index (κ2) is 8.05. The van der Waals surface area contributed by atoms with E-state index in [2.05, 4.69) is 36.2 Å². The lowest BCUT2D eigenvalue weighted by Gasteiger charge is -2.36. The summed E-state index contributed by atoms with van der Waals surface area (Å²) in [7, 11) is 0. The molecule has 2 heterocycles. The van der Waals surface area contributed by atoms with Crippen molar-refractivity contribution in [2.24, 2.45) is 5.41 Å². The van der Waals surface area contributed by atoms with Crippen molar-refractivity contribution in [2.75, 3.05) is 0 Å². The minimum absolute atomic E-state index is 0.00418. The van der Waals surface area contributed by atoms with Crippen LogP contribution in [0, 0.1) is 11.2 Å². The first-order valence-corrected chi connectivity index (χ1v) is 10.5. The lowest BCUT2D eigenvalue weighted by atomic mass is 9.74. The quantitative estimate of drug-likeness (QED) is 0.670. The Kier molecular flexibility index (Phi) is 5.45. The molecule has 0 radical (unpaired) electrons. The van der Waals surface area contributed by atoms with Gasteiger partial charge in [0.15, 0.2) is 0 Å². The number of aromatic nitrogens is 4. The molecule has 6 nitrogen and oxygen atoms in total. The number of carbonyl (C=O) groups excluding carboxylic acids is 1. The van der Waals surface area contributed by atoms with Gasteiger partial charge in [-0.3, -0.25) is 4.79 Å². The van der Waals surface area contributed by atoms with Gasteiger partial charge in [-0.1, -0.05) is 26.8 Å². The van der Waals surface area contributed by atoms with Crippen LogP contribution in [0.5, 0.6) is 0 Å². The minimum atomic E-state index is -0.289. The number of hydrogen-bond acceptors (Lipinski definition) is 3. The fourth-order valence-corrected chi connectivity index (χ4v) is 4.35. The number of benzene rings is 1. The molecule has 0 saturated carbocycles. The molecule has 0 saturated heterocycles. The fourth-order valence-electron chi connectivity index (χ4n) is 4.35. The average Bonchev–Trinajstić information content (AvgIpc) is 3.32. The Labute approximate surface area is 176 Å². The Morgan fingerprint density at radius 1 is 1.37 bits per heavy atom. The van der Waals surface area contributed by atoms with Crippen LogP contribution in [0.4, 0.5) is 4.39 Å². The van der Waals surface area contributed by atoms with Gasteiger partial charge in [-0.05, 0) is 36.5 Å². The topological polar surface area (TPSA) is 64.7 Å². The molecule has 0 bridgehead atoms. The van der Waals surface area contributed by atoms with Crippen molar-refractivity contribution < 1.29 is 9.18 Å². The van der Waals surface area contributed by atoms with Crippen LogP contribution < -0.4 is 5.32 Å². The third-order valence-electron chi connectivity index (χ3n) is 5.76. The van der Waals surface area contributed by atoms with E-state index >= 15 is 0 Å². The number of rotatable bonds is 6. The average molecular weight is 410 g/mol. The first-order valence-electron chi connectivity index (χ1n) is 10.5. The smallest absolute Gasteiger partial charge is 0.222 e. The molecule has 1 atom stereocenters. The normalized spacial score (nSPS) is 17.5. The van der Waals surface area contributed by atoms with E-state index in [9.17, 15) is 9.18 Å². The molecule has 1 N–H and O–H groups in total. The number of fused-ring (bicyclic) bond motifs is 1. The van der Waals surface area contributed by atoms with E-state index in [1.54, 1.807) is 16.9 Å². The summed E-state index contributed by atoms with van der Waals surface area (Å²) in [5.41, 5.74) is 2.75. The molecular formula is C23H28FN5O. The van der Waals surface area contributed by atoms with Crippen molar-refractivity contribution in [3.05, 3.63) is 65.8 Å². The molecule has 0 unspecified atom stereocenters. The van der Waals surface area contributed by atoms with E-state index in [0.717, 1.165) is 36.3 Å². The number of carbonyl (C=O) groups is 1. The number of nitrogens with zero attached hydrogens (tertiary/aromatic N) is 4. The highest BCUT2D eigenvalue weighted by molar-refractivity contribution is 5.76. The van der Waals surface area contributed by atoms with Crippen LogP contribution in [0.3, 0.4) is 0 Å². The Morgan fingerprint density at radius 2 is 2.20 bits per heavy atom. The van der Waals surface area contributed by atoms with Gasteiger partial charge in [-0.2, -0.15) is 5.10 Å². The first-order chi connectivity index (χ1) is 14.4. The summed E-state index contributed by atoms with van der Waals surface area (Å²) in [6.45, 7) is 7.05. The van der Waals surface area contributed by atoms with Crippen LogP contribution in [0.2, 0.25) is 0 Å². The van der Waals surface area contributed by atoms with Gasteiger partial charge in [-0.25, -0.2) is 14.1 Å². The zero-order valence-corrected chi connectivity index (χ0v) is 17.7. The monoisotopic (exact) mass is 409 g/mol. The minimum Gasteiger partial charge on any atom is -0.349 e. The van der Waals surface area contributed by atoms with E-state index in [1.807, 2.05) is 23.0 Å². The summed E-state index contributed by atoms with van der Waals surface area (Å²) in [4.78, 5) is 17.0. The highest BCUT2D eigenvalue weighted by Crippen LogP contribution is 2.41. The molecule has 2 aromatic heterocycles. The third kappa shape index (κ3) is 4.15. The molecule has 0 fully saturated rings. The van der Waals surface area contributed by atoms with Gasteiger partial charge in [0.25, 0.3) is 0 Å². The van der Waals surface area contributed by atoms with Crippen LogP contribution in [-0.2, 0) is 24.2 Å². The Hall–Kier alpha value is -2.96. The number of hydrogen-bond donors (Lipinski definition) is 1. The van der Waals surface area contributed by atoms with Gasteiger partial charge in [0.1, 0.15) is 11.6 Å². The summed E-state index contributed by atoms with van der Waals surface area (Å²) in [5.74, 6) is 0.709. The number of amides is 1. The van der Waals surface area contributed by atoms with E-state index < -0.39 is 0 Å². The largest absolute Gasteiger partial charge is 0.349 e. The van der Waals surface area contributed by atoms with Crippen molar-refractivity contribution >= 4 is 5.91 Å². The second-order valence-corrected chi connectivity index (χ2v) is 8.74. The number of aryl methyl sites for hydroxylation is 2. The van der Waals surface area contributed by atoms with Gasteiger partial charge in [0.2, 0.25) is 5.91 Å². The highest BCUT2D eigenvalue weighted by Gasteiger charge is 2.36. The van der Waals surface area contributed by atoms with Gasteiger partial charge >= 0.3 is 0 Å². The standard InChI is InChI=1S/C23H28FN5O/c1-4-21-25-9-11-28(21)10-8-22(30)27-19-13-23(2,3)14-20-18(19)15-26-29(20)17-7-5-6-16(24)12-17/h5-7,9,11-12,15,19H,4,8,10,13-14H2,1-3H3,(H,27,30)/t19-/m1/s1. The molecule has 7 heteroatoms. The maximum atomic E-state index is 13.7. The van der Waals surface area contributed by atoms with Crippen molar-refractivity contribution in [2.45, 2.75) is 59.0 Å². The zero-order valence-electron chi connectivity index (χ0n) is 17.7. The predicted molar refractivity (Wildman–Crippen MR) is 113 cm³/mol. The van der Waals surface area contributed by atoms with E-state index in [-0.39, 0.29) is 23.2 Å². The Balaban J connectivity index is 1.53.